The Bertz CT molecular complexity index is 737. The van der Waals surface area contributed by atoms with E-state index in [4.69, 9.17) is 9.47 Å². The van der Waals surface area contributed by atoms with Crippen LogP contribution in [-0.2, 0) is 24.3 Å². The molecule has 0 radical (unpaired) electrons. The monoisotopic (exact) mass is 369 g/mol. The lowest BCUT2D eigenvalue weighted by Crippen LogP contribution is -2.53. The van der Waals surface area contributed by atoms with Crippen LogP contribution in [0.1, 0.15) is 49.9 Å². The average Bonchev–Trinajstić information content (AvgIpc) is 3.04. The number of esters is 2. The normalized spacial score (nSPS) is 16.4. The molecule has 0 amide bonds. The molecule has 8 heteroatoms. The van der Waals surface area contributed by atoms with Crippen molar-refractivity contribution in [1.82, 2.24) is 4.72 Å². The Morgan fingerprint density at radius 1 is 1.12 bits per heavy atom. The quantitative estimate of drug-likeness (QED) is 0.738. The molecule has 0 heterocycles. The molecule has 0 aromatic heterocycles. The fourth-order valence-corrected chi connectivity index (χ4v) is 4.38. The minimum atomic E-state index is -4.00. The van der Waals surface area contributed by atoms with E-state index in [1.54, 1.807) is 13.8 Å². The summed E-state index contributed by atoms with van der Waals surface area (Å²) < 4.78 is 38.0. The van der Waals surface area contributed by atoms with Crippen molar-refractivity contribution in [1.29, 1.82) is 0 Å². The van der Waals surface area contributed by atoms with E-state index in [0.717, 1.165) is 12.8 Å². The van der Waals surface area contributed by atoms with Gasteiger partial charge in [-0.1, -0.05) is 18.9 Å². The SMILES string of the molecule is CCOC(=O)c1cccc(S(=O)(=O)NC2(C(=O)OCC)CCCC2)c1. The fourth-order valence-electron chi connectivity index (χ4n) is 2.92. The predicted molar refractivity (Wildman–Crippen MR) is 90.6 cm³/mol. The summed E-state index contributed by atoms with van der Waals surface area (Å²) in [7, 11) is -4.00. The van der Waals surface area contributed by atoms with Crippen molar-refractivity contribution >= 4 is 22.0 Å². The molecule has 0 bridgehead atoms. The first-order valence-corrected chi connectivity index (χ1v) is 9.81. The molecular formula is C17H23NO6S. The fraction of sp³-hybridized carbons (Fsp3) is 0.529. The smallest absolute Gasteiger partial charge is 0.338 e. The van der Waals surface area contributed by atoms with Gasteiger partial charge in [0.25, 0.3) is 0 Å². The van der Waals surface area contributed by atoms with Crippen LogP contribution >= 0.6 is 0 Å². The van der Waals surface area contributed by atoms with Gasteiger partial charge in [-0.2, -0.15) is 4.72 Å². The number of carbonyl (C=O) groups is 2. The van der Waals surface area contributed by atoms with E-state index in [9.17, 15) is 18.0 Å². The molecule has 1 saturated carbocycles. The van der Waals surface area contributed by atoms with E-state index in [2.05, 4.69) is 4.72 Å². The number of carbonyl (C=O) groups excluding carboxylic acids is 2. The average molecular weight is 369 g/mol. The number of benzene rings is 1. The number of sulfonamides is 1. The summed E-state index contributed by atoms with van der Waals surface area (Å²) in [6, 6.07) is 5.56. The summed E-state index contributed by atoms with van der Waals surface area (Å²) in [4.78, 5) is 24.0. The van der Waals surface area contributed by atoms with Crippen LogP contribution in [0.3, 0.4) is 0 Å². The van der Waals surface area contributed by atoms with Crippen LogP contribution in [0, 0.1) is 0 Å². The van der Waals surface area contributed by atoms with Gasteiger partial charge in [-0.3, -0.25) is 4.79 Å². The van der Waals surface area contributed by atoms with Gasteiger partial charge < -0.3 is 9.47 Å². The largest absolute Gasteiger partial charge is 0.465 e. The van der Waals surface area contributed by atoms with Crippen molar-refractivity contribution in [3.05, 3.63) is 29.8 Å². The van der Waals surface area contributed by atoms with Crippen LogP contribution in [0.25, 0.3) is 0 Å². The van der Waals surface area contributed by atoms with E-state index in [1.165, 1.54) is 24.3 Å². The van der Waals surface area contributed by atoms with Gasteiger partial charge in [-0.25, -0.2) is 13.2 Å². The molecule has 1 aromatic carbocycles. The molecule has 0 unspecified atom stereocenters. The summed E-state index contributed by atoms with van der Waals surface area (Å²) in [5, 5.41) is 0. The number of hydrogen-bond donors (Lipinski definition) is 1. The summed E-state index contributed by atoms with van der Waals surface area (Å²) in [6.07, 6.45) is 2.26. The minimum Gasteiger partial charge on any atom is -0.465 e. The Morgan fingerprint density at radius 2 is 1.76 bits per heavy atom. The molecule has 1 fully saturated rings. The van der Waals surface area contributed by atoms with E-state index in [0.29, 0.717) is 12.8 Å². The lowest BCUT2D eigenvalue weighted by molar-refractivity contribution is -0.150. The second-order valence-electron chi connectivity index (χ2n) is 5.86. The van der Waals surface area contributed by atoms with Crippen molar-refractivity contribution in [3.63, 3.8) is 0 Å². The highest BCUT2D eigenvalue weighted by molar-refractivity contribution is 7.89. The van der Waals surface area contributed by atoms with Gasteiger partial charge in [0, 0.05) is 0 Å². The van der Waals surface area contributed by atoms with Crippen molar-refractivity contribution in [2.24, 2.45) is 0 Å². The molecule has 1 N–H and O–H groups in total. The number of ether oxygens (including phenoxy) is 2. The zero-order valence-electron chi connectivity index (χ0n) is 14.4. The van der Waals surface area contributed by atoms with Crippen LogP contribution in [0.15, 0.2) is 29.2 Å². The summed E-state index contributed by atoms with van der Waals surface area (Å²) >= 11 is 0. The first-order chi connectivity index (χ1) is 11.8. The highest BCUT2D eigenvalue weighted by Gasteiger charge is 2.45. The molecule has 138 valence electrons. The Morgan fingerprint density at radius 3 is 2.36 bits per heavy atom. The van der Waals surface area contributed by atoms with E-state index >= 15 is 0 Å². The summed E-state index contributed by atoms with van der Waals surface area (Å²) in [6.45, 7) is 3.72. The van der Waals surface area contributed by atoms with Gasteiger partial charge in [-0.15, -0.1) is 0 Å². The third-order valence-electron chi connectivity index (χ3n) is 4.11. The van der Waals surface area contributed by atoms with Crippen molar-refractivity contribution in [2.45, 2.75) is 50.0 Å². The lowest BCUT2D eigenvalue weighted by atomic mass is 10.00. The molecule has 0 aliphatic heterocycles. The number of rotatable bonds is 7. The molecule has 0 atom stereocenters. The highest BCUT2D eigenvalue weighted by atomic mass is 32.2. The zero-order valence-corrected chi connectivity index (χ0v) is 15.2. The van der Waals surface area contributed by atoms with Crippen LogP contribution in [0.4, 0.5) is 0 Å². The maximum absolute atomic E-state index is 12.8. The molecular weight excluding hydrogens is 346 g/mol. The number of nitrogens with one attached hydrogen (secondary N) is 1. The molecule has 1 aliphatic rings. The Kier molecular flexibility index (Phi) is 6.18. The van der Waals surface area contributed by atoms with Crippen molar-refractivity contribution in [3.8, 4) is 0 Å². The molecule has 1 aliphatic carbocycles. The molecule has 25 heavy (non-hydrogen) atoms. The first-order valence-electron chi connectivity index (χ1n) is 8.33. The molecule has 0 spiro atoms. The zero-order chi connectivity index (χ0) is 18.5. The third kappa shape index (κ3) is 4.38. The lowest BCUT2D eigenvalue weighted by Gasteiger charge is -2.27. The molecule has 2 rings (SSSR count). The van der Waals surface area contributed by atoms with Crippen LogP contribution in [0.2, 0.25) is 0 Å². The second kappa shape index (κ2) is 7.97. The maximum Gasteiger partial charge on any atom is 0.338 e. The van der Waals surface area contributed by atoms with Gasteiger partial charge in [0.05, 0.1) is 23.7 Å². The maximum atomic E-state index is 12.8. The Labute approximate surface area is 147 Å². The summed E-state index contributed by atoms with van der Waals surface area (Å²) in [5.74, 6) is -1.15. The Hall–Kier alpha value is -1.93. The predicted octanol–water partition coefficient (Wildman–Crippen LogP) is 2.02. The van der Waals surface area contributed by atoms with Crippen LogP contribution in [0.5, 0.6) is 0 Å². The first kappa shape index (κ1) is 19.4. The van der Waals surface area contributed by atoms with Gasteiger partial charge in [0.2, 0.25) is 10.0 Å². The Balaban J connectivity index is 2.30. The number of hydrogen-bond acceptors (Lipinski definition) is 6. The van der Waals surface area contributed by atoms with Crippen molar-refractivity contribution in [2.75, 3.05) is 13.2 Å². The highest BCUT2D eigenvalue weighted by Crippen LogP contribution is 2.32. The van der Waals surface area contributed by atoms with Gasteiger partial charge in [0.1, 0.15) is 5.54 Å². The summed E-state index contributed by atoms with van der Waals surface area (Å²) in [5.41, 5.74) is -1.10. The van der Waals surface area contributed by atoms with Crippen LogP contribution < -0.4 is 4.72 Å². The standard InChI is InChI=1S/C17H23NO6S/c1-3-23-15(19)13-8-7-9-14(12-13)25(21,22)18-17(10-5-6-11-17)16(20)24-4-2/h7-9,12,18H,3-6,10-11H2,1-2H3. The van der Waals surface area contributed by atoms with Crippen LogP contribution in [-0.4, -0.2) is 39.1 Å². The van der Waals surface area contributed by atoms with E-state index in [-0.39, 0.29) is 23.7 Å². The van der Waals surface area contributed by atoms with Gasteiger partial charge >= 0.3 is 11.9 Å². The van der Waals surface area contributed by atoms with Gasteiger partial charge in [0.15, 0.2) is 0 Å². The molecule has 7 nitrogen and oxygen atoms in total. The minimum absolute atomic E-state index is 0.0892. The van der Waals surface area contributed by atoms with E-state index < -0.39 is 27.5 Å². The van der Waals surface area contributed by atoms with Crippen molar-refractivity contribution < 1.29 is 27.5 Å². The molecule has 0 saturated heterocycles. The second-order valence-corrected chi connectivity index (χ2v) is 7.55. The van der Waals surface area contributed by atoms with Gasteiger partial charge in [-0.05, 0) is 44.9 Å². The topological polar surface area (TPSA) is 98.8 Å². The van der Waals surface area contributed by atoms with E-state index in [1.807, 2.05) is 0 Å². The molecule has 1 aromatic rings. The third-order valence-corrected chi connectivity index (χ3v) is 5.64.